The molecule has 0 aromatic heterocycles. The van der Waals surface area contributed by atoms with E-state index in [4.69, 9.17) is 5.41 Å². The minimum atomic E-state index is -0.0212. The zero-order chi connectivity index (χ0) is 11.8. The van der Waals surface area contributed by atoms with Gasteiger partial charge in [0.2, 0.25) is 5.91 Å². The molecular weight excluding hydrogens is 200 g/mol. The maximum Gasteiger partial charge on any atom is 0.224 e. The maximum atomic E-state index is 11.5. The van der Waals surface area contributed by atoms with Crippen LogP contribution in [0.1, 0.15) is 32.6 Å². The quantitative estimate of drug-likeness (QED) is 0.708. The molecule has 0 spiro atoms. The van der Waals surface area contributed by atoms with Crippen molar-refractivity contribution in [1.29, 1.82) is 5.41 Å². The molecule has 3 heteroatoms. The lowest BCUT2D eigenvalue weighted by Crippen LogP contribution is -2.12. The summed E-state index contributed by atoms with van der Waals surface area (Å²) in [5, 5.41) is 10.4. The Balaban J connectivity index is 2.29. The molecule has 0 saturated carbocycles. The van der Waals surface area contributed by atoms with E-state index in [1.165, 1.54) is 0 Å². The topological polar surface area (TPSA) is 53.0 Å². The number of anilines is 1. The number of carbonyl (C=O) groups is 1. The zero-order valence-electron chi connectivity index (χ0n) is 9.62. The second kappa shape index (κ2) is 6.77. The number of hydrogen-bond acceptors (Lipinski definition) is 2. The van der Waals surface area contributed by atoms with E-state index in [0.717, 1.165) is 18.5 Å². The van der Waals surface area contributed by atoms with E-state index in [0.29, 0.717) is 18.6 Å². The molecule has 0 saturated heterocycles. The van der Waals surface area contributed by atoms with Gasteiger partial charge in [0.05, 0.1) is 0 Å². The first kappa shape index (κ1) is 12.4. The van der Waals surface area contributed by atoms with E-state index >= 15 is 0 Å². The first-order valence-electron chi connectivity index (χ1n) is 5.63. The first-order chi connectivity index (χ1) is 7.72. The Labute approximate surface area is 96.4 Å². The van der Waals surface area contributed by atoms with Gasteiger partial charge in [-0.25, -0.2) is 0 Å². The third-order valence-corrected chi connectivity index (χ3v) is 2.26. The third kappa shape index (κ3) is 4.73. The Morgan fingerprint density at radius 3 is 2.50 bits per heavy atom. The third-order valence-electron chi connectivity index (χ3n) is 2.26. The average Bonchev–Trinajstić information content (AvgIpc) is 2.28. The average molecular weight is 218 g/mol. The van der Waals surface area contributed by atoms with Crippen LogP contribution in [0.2, 0.25) is 0 Å². The Morgan fingerprint density at radius 1 is 1.19 bits per heavy atom. The molecule has 0 radical (unpaired) electrons. The second-order valence-corrected chi connectivity index (χ2v) is 3.77. The number of rotatable bonds is 6. The monoisotopic (exact) mass is 218 g/mol. The van der Waals surface area contributed by atoms with Gasteiger partial charge in [0, 0.05) is 17.8 Å². The predicted octanol–water partition coefficient (Wildman–Crippen LogP) is 3.23. The number of benzene rings is 1. The summed E-state index contributed by atoms with van der Waals surface area (Å²) in [5.41, 5.74) is 1.47. The molecule has 1 aromatic rings. The van der Waals surface area contributed by atoms with Crippen LogP contribution < -0.4 is 5.32 Å². The standard InChI is InChI=1S/C13H18N2O/c1-2-6-11(14)9-10-13(16)15-12-7-4-3-5-8-12/h3-5,7-8,14H,2,6,9-10H2,1H3,(H,15,16). The Hall–Kier alpha value is -1.64. The summed E-state index contributed by atoms with van der Waals surface area (Å²) >= 11 is 0. The van der Waals surface area contributed by atoms with E-state index in [9.17, 15) is 4.79 Å². The molecule has 0 aliphatic heterocycles. The molecule has 1 amide bonds. The van der Waals surface area contributed by atoms with Gasteiger partial charge in [-0.15, -0.1) is 0 Å². The van der Waals surface area contributed by atoms with Crippen LogP contribution in [0.4, 0.5) is 5.69 Å². The lowest BCUT2D eigenvalue weighted by Gasteiger charge is -2.05. The highest BCUT2D eigenvalue weighted by atomic mass is 16.1. The van der Waals surface area contributed by atoms with E-state index in [2.05, 4.69) is 5.32 Å². The Bertz CT molecular complexity index is 346. The highest BCUT2D eigenvalue weighted by Crippen LogP contribution is 2.06. The van der Waals surface area contributed by atoms with Gasteiger partial charge in [0.25, 0.3) is 0 Å². The van der Waals surface area contributed by atoms with Gasteiger partial charge in [-0.1, -0.05) is 31.5 Å². The number of hydrogen-bond donors (Lipinski definition) is 2. The van der Waals surface area contributed by atoms with Gasteiger partial charge in [0.1, 0.15) is 0 Å². The summed E-state index contributed by atoms with van der Waals surface area (Å²) in [7, 11) is 0. The number of carbonyl (C=O) groups excluding carboxylic acids is 1. The molecule has 0 heterocycles. The molecular formula is C13H18N2O. The van der Waals surface area contributed by atoms with Crippen molar-refractivity contribution in [2.45, 2.75) is 32.6 Å². The molecule has 0 atom stereocenters. The van der Waals surface area contributed by atoms with Crippen LogP contribution in [0.3, 0.4) is 0 Å². The van der Waals surface area contributed by atoms with Gasteiger partial charge in [-0.05, 0) is 25.0 Å². The van der Waals surface area contributed by atoms with Crippen LogP contribution >= 0.6 is 0 Å². The molecule has 3 nitrogen and oxygen atoms in total. The van der Waals surface area contributed by atoms with E-state index in [1.807, 2.05) is 37.3 Å². The van der Waals surface area contributed by atoms with E-state index in [1.54, 1.807) is 0 Å². The summed E-state index contributed by atoms with van der Waals surface area (Å²) in [6.07, 6.45) is 2.72. The summed E-state index contributed by atoms with van der Waals surface area (Å²) in [6.45, 7) is 2.04. The fourth-order valence-electron chi connectivity index (χ4n) is 1.44. The van der Waals surface area contributed by atoms with Crippen molar-refractivity contribution in [1.82, 2.24) is 0 Å². The number of nitrogens with one attached hydrogen (secondary N) is 2. The fraction of sp³-hybridized carbons (Fsp3) is 0.385. The number of para-hydroxylation sites is 1. The van der Waals surface area contributed by atoms with Gasteiger partial charge >= 0.3 is 0 Å². The molecule has 1 aromatic carbocycles. The minimum Gasteiger partial charge on any atom is -0.326 e. The maximum absolute atomic E-state index is 11.5. The summed E-state index contributed by atoms with van der Waals surface area (Å²) < 4.78 is 0. The molecule has 0 fully saturated rings. The van der Waals surface area contributed by atoms with Crippen molar-refractivity contribution in [2.75, 3.05) is 5.32 Å². The molecule has 0 aliphatic rings. The van der Waals surface area contributed by atoms with Gasteiger partial charge in [0.15, 0.2) is 0 Å². The van der Waals surface area contributed by atoms with Crippen LogP contribution in [-0.4, -0.2) is 11.6 Å². The predicted molar refractivity (Wildman–Crippen MR) is 66.9 cm³/mol. The molecule has 16 heavy (non-hydrogen) atoms. The van der Waals surface area contributed by atoms with Crippen LogP contribution in [0, 0.1) is 5.41 Å². The molecule has 86 valence electrons. The van der Waals surface area contributed by atoms with Gasteiger partial charge in [-0.3, -0.25) is 4.79 Å². The van der Waals surface area contributed by atoms with Gasteiger partial charge in [-0.2, -0.15) is 0 Å². The van der Waals surface area contributed by atoms with Gasteiger partial charge < -0.3 is 10.7 Å². The molecule has 0 aliphatic carbocycles. The normalized spacial score (nSPS) is 9.81. The lowest BCUT2D eigenvalue weighted by molar-refractivity contribution is -0.116. The van der Waals surface area contributed by atoms with E-state index < -0.39 is 0 Å². The fourth-order valence-corrected chi connectivity index (χ4v) is 1.44. The molecule has 2 N–H and O–H groups in total. The Morgan fingerprint density at radius 2 is 1.88 bits per heavy atom. The molecule has 1 rings (SSSR count). The molecule has 0 bridgehead atoms. The SMILES string of the molecule is CCCC(=N)CCC(=O)Nc1ccccc1. The van der Waals surface area contributed by atoms with Crippen molar-refractivity contribution >= 4 is 17.3 Å². The van der Waals surface area contributed by atoms with Crippen molar-refractivity contribution in [3.05, 3.63) is 30.3 Å². The van der Waals surface area contributed by atoms with Crippen molar-refractivity contribution in [3.63, 3.8) is 0 Å². The highest BCUT2D eigenvalue weighted by molar-refractivity contribution is 5.94. The van der Waals surface area contributed by atoms with Crippen molar-refractivity contribution in [2.24, 2.45) is 0 Å². The van der Waals surface area contributed by atoms with Crippen molar-refractivity contribution in [3.8, 4) is 0 Å². The second-order valence-electron chi connectivity index (χ2n) is 3.77. The van der Waals surface area contributed by atoms with Crippen LogP contribution in [-0.2, 0) is 4.79 Å². The summed E-state index contributed by atoms with van der Waals surface area (Å²) in [6, 6.07) is 9.39. The smallest absolute Gasteiger partial charge is 0.224 e. The molecule has 0 unspecified atom stereocenters. The minimum absolute atomic E-state index is 0.0212. The van der Waals surface area contributed by atoms with Crippen molar-refractivity contribution < 1.29 is 4.79 Å². The summed E-state index contributed by atoms with van der Waals surface area (Å²) in [5.74, 6) is -0.0212. The van der Waals surface area contributed by atoms with Crippen LogP contribution in [0.5, 0.6) is 0 Å². The largest absolute Gasteiger partial charge is 0.326 e. The Kier molecular flexibility index (Phi) is 5.26. The van der Waals surface area contributed by atoms with Crippen LogP contribution in [0.15, 0.2) is 30.3 Å². The first-order valence-corrected chi connectivity index (χ1v) is 5.63. The zero-order valence-corrected chi connectivity index (χ0v) is 9.62. The summed E-state index contributed by atoms with van der Waals surface area (Å²) in [4.78, 5) is 11.5. The highest BCUT2D eigenvalue weighted by Gasteiger charge is 2.03. The van der Waals surface area contributed by atoms with E-state index in [-0.39, 0.29) is 5.91 Å². The lowest BCUT2D eigenvalue weighted by atomic mass is 10.1. The number of amides is 1. The van der Waals surface area contributed by atoms with Crippen LogP contribution in [0.25, 0.3) is 0 Å².